The number of amides is 1. The lowest BCUT2D eigenvalue weighted by molar-refractivity contribution is -0.131. The molecule has 0 aliphatic heterocycles. The molecule has 0 unspecified atom stereocenters. The highest BCUT2D eigenvalue weighted by atomic mass is 16.6. The summed E-state index contributed by atoms with van der Waals surface area (Å²) < 4.78 is 5.93. The number of rotatable bonds is 9. The number of carbonyl (C=O) groups excluding carboxylic acids is 1. The average molecular weight is 489 g/mol. The summed E-state index contributed by atoms with van der Waals surface area (Å²) in [6.07, 6.45) is 11.6. The van der Waals surface area contributed by atoms with Crippen molar-refractivity contribution in [1.82, 2.24) is 5.32 Å². The largest absolute Gasteiger partial charge is 0.478 e. The number of benzene rings is 2. The van der Waals surface area contributed by atoms with Crippen LogP contribution in [-0.2, 0) is 10.2 Å². The van der Waals surface area contributed by atoms with Crippen molar-refractivity contribution in [2.75, 3.05) is 13.1 Å². The molecule has 0 atom stereocenters. The number of hydrogen-bond acceptors (Lipinski definition) is 4. The van der Waals surface area contributed by atoms with Crippen LogP contribution in [0.15, 0.2) is 48.5 Å². The second kappa shape index (κ2) is 10.5. The minimum absolute atomic E-state index is 0.0735. The lowest BCUT2D eigenvalue weighted by atomic mass is 9.48. The van der Waals surface area contributed by atoms with Crippen molar-refractivity contribution in [3.8, 4) is 16.9 Å². The van der Waals surface area contributed by atoms with Gasteiger partial charge < -0.3 is 20.9 Å². The van der Waals surface area contributed by atoms with Gasteiger partial charge in [-0.1, -0.05) is 30.3 Å². The van der Waals surface area contributed by atoms with Gasteiger partial charge in [0.25, 0.3) is 0 Å². The average Bonchev–Trinajstić information content (AvgIpc) is 2.85. The van der Waals surface area contributed by atoms with Crippen LogP contribution >= 0.6 is 0 Å². The Hall–Kier alpha value is -3.12. The highest BCUT2D eigenvalue weighted by Crippen LogP contribution is 2.62. The zero-order valence-corrected chi connectivity index (χ0v) is 20.7. The Morgan fingerprint density at radius 1 is 0.972 bits per heavy atom. The molecule has 4 fully saturated rings. The summed E-state index contributed by atoms with van der Waals surface area (Å²) in [5.41, 5.74) is 9.80. The van der Waals surface area contributed by atoms with Crippen molar-refractivity contribution in [3.05, 3.63) is 59.7 Å². The quantitative estimate of drug-likeness (QED) is 0.308. The first kappa shape index (κ1) is 24.6. The Balaban J connectivity index is 1.44. The summed E-state index contributed by atoms with van der Waals surface area (Å²) >= 11 is 0. The standard InChI is InChI=1S/C30H36N2O4/c31-11-1-2-12-32-29(35)36-27-9-8-25(24-6-3-20(4-7-24)5-10-28(33)34)16-26(27)30-17-21-13-22(18-30)15-23(14-21)19-30/h3-10,16,21-23H,1-2,11-15,17-19,31H2,(H,32,35)(H,33,34)/b10-5+. The highest BCUT2D eigenvalue weighted by Gasteiger charge is 2.52. The molecule has 1 amide bonds. The summed E-state index contributed by atoms with van der Waals surface area (Å²) in [6.45, 7) is 1.18. The molecule has 6 rings (SSSR count). The third-order valence-electron chi connectivity index (χ3n) is 8.35. The fourth-order valence-corrected chi connectivity index (χ4v) is 7.20. The molecule has 2 aromatic carbocycles. The molecular weight excluding hydrogens is 452 g/mol. The molecular formula is C30H36N2O4. The zero-order chi connectivity index (χ0) is 25.1. The Morgan fingerprint density at radius 3 is 2.22 bits per heavy atom. The van der Waals surface area contributed by atoms with Crippen molar-refractivity contribution in [1.29, 1.82) is 0 Å². The number of nitrogens with two attached hydrogens (primary N) is 1. The molecule has 2 aromatic rings. The summed E-state index contributed by atoms with van der Waals surface area (Å²) in [7, 11) is 0. The minimum Gasteiger partial charge on any atom is -0.478 e. The molecule has 0 radical (unpaired) electrons. The number of nitrogens with one attached hydrogen (secondary N) is 1. The van der Waals surface area contributed by atoms with Gasteiger partial charge in [0, 0.05) is 18.2 Å². The minimum atomic E-state index is -0.960. The topological polar surface area (TPSA) is 102 Å². The number of carbonyl (C=O) groups is 2. The van der Waals surface area contributed by atoms with E-state index in [1.807, 2.05) is 36.4 Å². The van der Waals surface area contributed by atoms with Gasteiger partial charge in [0.1, 0.15) is 5.75 Å². The van der Waals surface area contributed by atoms with Gasteiger partial charge in [-0.2, -0.15) is 0 Å². The monoisotopic (exact) mass is 488 g/mol. The van der Waals surface area contributed by atoms with Gasteiger partial charge in [0.2, 0.25) is 0 Å². The molecule has 0 heterocycles. The number of ether oxygens (including phenoxy) is 1. The Bertz CT molecular complexity index is 1100. The van der Waals surface area contributed by atoms with Gasteiger partial charge in [0.05, 0.1) is 0 Å². The maximum Gasteiger partial charge on any atom is 0.412 e. The number of aliphatic carboxylic acids is 1. The van der Waals surface area contributed by atoms with E-state index in [-0.39, 0.29) is 5.41 Å². The fourth-order valence-electron chi connectivity index (χ4n) is 7.20. The van der Waals surface area contributed by atoms with Gasteiger partial charge in [-0.05, 0) is 116 Å². The Labute approximate surface area is 212 Å². The van der Waals surface area contributed by atoms with Crippen molar-refractivity contribution < 1.29 is 19.4 Å². The number of hydrogen-bond donors (Lipinski definition) is 3. The lowest BCUT2D eigenvalue weighted by Crippen LogP contribution is -2.48. The van der Waals surface area contributed by atoms with Crippen molar-refractivity contribution >= 4 is 18.1 Å². The summed E-state index contributed by atoms with van der Waals surface area (Å²) in [5, 5.41) is 11.8. The van der Waals surface area contributed by atoms with E-state index < -0.39 is 12.1 Å². The summed E-state index contributed by atoms with van der Waals surface area (Å²) in [6, 6.07) is 14.1. The molecule has 4 bridgehead atoms. The maximum absolute atomic E-state index is 12.6. The molecule has 36 heavy (non-hydrogen) atoms. The van der Waals surface area contributed by atoms with Crippen molar-refractivity contribution in [3.63, 3.8) is 0 Å². The first-order chi connectivity index (χ1) is 17.4. The van der Waals surface area contributed by atoms with E-state index in [1.165, 1.54) is 44.1 Å². The van der Waals surface area contributed by atoms with Crippen molar-refractivity contribution in [2.24, 2.45) is 23.5 Å². The zero-order valence-electron chi connectivity index (χ0n) is 20.7. The van der Waals surface area contributed by atoms with Crippen LogP contribution in [0.25, 0.3) is 17.2 Å². The van der Waals surface area contributed by atoms with E-state index in [9.17, 15) is 9.59 Å². The van der Waals surface area contributed by atoms with Gasteiger partial charge in [-0.3, -0.25) is 0 Å². The molecule has 6 nitrogen and oxygen atoms in total. The second-order valence-electron chi connectivity index (χ2n) is 11.0. The van der Waals surface area contributed by atoms with Gasteiger partial charge in [0.15, 0.2) is 0 Å². The smallest absolute Gasteiger partial charge is 0.412 e. The first-order valence-corrected chi connectivity index (χ1v) is 13.3. The maximum atomic E-state index is 12.6. The predicted octanol–water partition coefficient (Wildman–Crippen LogP) is 5.75. The molecule has 4 saturated carbocycles. The summed E-state index contributed by atoms with van der Waals surface area (Å²) in [4.78, 5) is 23.5. The van der Waals surface area contributed by atoms with Crippen LogP contribution < -0.4 is 15.8 Å². The fraction of sp³-hybridized carbons (Fsp3) is 0.467. The molecule has 4 N–H and O–H groups in total. The summed E-state index contributed by atoms with van der Waals surface area (Å²) in [5.74, 6) is 2.05. The Kier molecular flexibility index (Phi) is 7.15. The molecule has 4 aliphatic carbocycles. The van der Waals surface area contributed by atoms with Gasteiger partial charge >= 0.3 is 12.1 Å². The molecule has 0 saturated heterocycles. The van der Waals surface area contributed by atoms with E-state index in [1.54, 1.807) is 6.08 Å². The van der Waals surface area contributed by atoms with Crippen LogP contribution in [0.2, 0.25) is 0 Å². The molecule has 190 valence electrons. The molecule has 0 aromatic heterocycles. The van der Waals surface area contributed by atoms with Gasteiger partial charge in [-0.25, -0.2) is 9.59 Å². The third kappa shape index (κ3) is 5.34. The van der Waals surface area contributed by atoms with Crippen LogP contribution in [0.3, 0.4) is 0 Å². The first-order valence-electron chi connectivity index (χ1n) is 13.3. The number of carboxylic acids is 1. The van der Waals surface area contributed by atoms with Crippen molar-refractivity contribution in [2.45, 2.75) is 56.8 Å². The lowest BCUT2D eigenvalue weighted by Gasteiger charge is -2.57. The number of unbranched alkanes of at least 4 members (excludes halogenated alkanes) is 1. The van der Waals surface area contributed by atoms with E-state index in [4.69, 9.17) is 15.6 Å². The molecule has 6 heteroatoms. The van der Waals surface area contributed by atoms with Crippen LogP contribution in [0.5, 0.6) is 5.75 Å². The van der Waals surface area contributed by atoms with Gasteiger partial charge in [-0.15, -0.1) is 0 Å². The normalized spacial score (nSPS) is 26.3. The van der Waals surface area contributed by atoms with Crippen LogP contribution in [0, 0.1) is 17.8 Å². The third-order valence-corrected chi connectivity index (χ3v) is 8.35. The van der Waals surface area contributed by atoms with E-state index in [0.717, 1.165) is 53.4 Å². The molecule has 0 spiro atoms. The van der Waals surface area contributed by atoms with E-state index in [2.05, 4.69) is 11.4 Å². The van der Waals surface area contributed by atoms with E-state index >= 15 is 0 Å². The number of carboxylic acid groups (broad SMARTS) is 1. The highest BCUT2D eigenvalue weighted by molar-refractivity contribution is 5.85. The molecule has 4 aliphatic rings. The predicted molar refractivity (Wildman–Crippen MR) is 141 cm³/mol. The second-order valence-corrected chi connectivity index (χ2v) is 11.0. The SMILES string of the molecule is NCCCCNC(=O)Oc1ccc(-c2ccc(/C=C/C(=O)O)cc2)cc1C12CC3CC(CC(C3)C1)C2. The Morgan fingerprint density at radius 2 is 1.61 bits per heavy atom. The van der Waals surface area contributed by atoms with Crippen LogP contribution in [-0.4, -0.2) is 30.3 Å². The van der Waals surface area contributed by atoms with Crippen LogP contribution in [0.4, 0.5) is 4.79 Å². The van der Waals surface area contributed by atoms with Crippen LogP contribution in [0.1, 0.15) is 62.5 Å². The van der Waals surface area contributed by atoms with E-state index in [0.29, 0.717) is 18.8 Å².